The molecule has 0 saturated heterocycles. The second-order valence-corrected chi connectivity index (χ2v) is 5.08. The van der Waals surface area contributed by atoms with Gasteiger partial charge in [-0.15, -0.1) is 0 Å². The average molecular weight is 238 g/mol. The lowest BCUT2D eigenvalue weighted by Crippen LogP contribution is -2.10. The molecule has 1 aliphatic rings. The Morgan fingerprint density at radius 1 is 1.06 bits per heavy atom. The van der Waals surface area contributed by atoms with Gasteiger partial charge in [0.1, 0.15) is 6.10 Å². The number of unbranched alkanes of at least 4 members (excludes halogenated alkanes) is 7. The number of hydrogen-bond acceptors (Lipinski definition) is 2. The van der Waals surface area contributed by atoms with Crippen molar-refractivity contribution in [1.29, 1.82) is 0 Å². The van der Waals surface area contributed by atoms with Gasteiger partial charge in [-0.1, -0.05) is 51.9 Å². The molecule has 1 aliphatic heterocycles. The van der Waals surface area contributed by atoms with Crippen molar-refractivity contribution in [2.75, 3.05) is 0 Å². The molecule has 1 rings (SSSR count). The second kappa shape index (κ2) is 8.32. The molecule has 2 nitrogen and oxygen atoms in total. The van der Waals surface area contributed by atoms with E-state index < -0.39 is 0 Å². The first kappa shape index (κ1) is 14.3. The van der Waals surface area contributed by atoms with Gasteiger partial charge in [0.25, 0.3) is 0 Å². The topological polar surface area (TPSA) is 26.3 Å². The van der Waals surface area contributed by atoms with Crippen LogP contribution in [0.5, 0.6) is 0 Å². The summed E-state index contributed by atoms with van der Waals surface area (Å²) >= 11 is 0. The number of ether oxygens (including phenoxy) is 1. The Kier molecular flexibility index (Phi) is 6.99. The molecule has 0 aromatic rings. The Bertz CT molecular complexity index is 256. The van der Waals surface area contributed by atoms with E-state index in [1.165, 1.54) is 51.4 Å². The fourth-order valence-corrected chi connectivity index (χ4v) is 2.30. The largest absolute Gasteiger partial charge is 0.455 e. The predicted octanol–water partition coefficient (Wildman–Crippen LogP) is 4.39. The minimum absolute atomic E-state index is 0.0718. The molecule has 1 heterocycles. The van der Waals surface area contributed by atoms with Crippen LogP contribution in [0.1, 0.15) is 71.6 Å². The van der Waals surface area contributed by atoms with Crippen molar-refractivity contribution in [2.45, 2.75) is 77.7 Å². The minimum Gasteiger partial charge on any atom is -0.455 e. The number of esters is 1. The molecule has 0 radical (unpaired) electrons. The van der Waals surface area contributed by atoms with Crippen LogP contribution in [0.15, 0.2) is 11.6 Å². The van der Waals surface area contributed by atoms with Gasteiger partial charge in [0.15, 0.2) is 0 Å². The molecule has 0 unspecified atom stereocenters. The van der Waals surface area contributed by atoms with E-state index in [-0.39, 0.29) is 12.1 Å². The van der Waals surface area contributed by atoms with Gasteiger partial charge >= 0.3 is 5.97 Å². The summed E-state index contributed by atoms with van der Waals surface area (Å²) in [6.45, 7) is 4.24. The monoisotopic (exact) mass is 238 g/mol. The van der Waals surface area contributed by atoms with Crippen LogP contribution >= 0.6 is 0 Å². The molecule has 0 aromatic carbocycles. The lowest BCUT2D eigenvalue weighted by atomic mass is 10.0. The normalized spacial score (nSPS) is 19.3. The maximum Gasteiger partial charge on any atom is 0.331 e. The zero-order valence-corrected chi connectivity index (χ0v) is 11.3. The van der Waals surface area contributed by atoms with Crippen molar-refractivity contribution in [3.8, 4) is 0 Å². The van der Waals surface area contributed by atoms with Crippen molar-refractivity contribution in [2.24, 2.45) is 0 Å². The van der Waals surface area contributed by atoms with Gasteiger partial charge in [0.2, 0.25) is 0 Å². The van der Waals surface area contributed by atoms with E-state index in [4.69, 9.17) is 4.74 Å². The standard InChI is InChI=1S/C15H26O2/c1-3-4-5-6-7-8-9-10-11-14-13(2)12-15(16)17-14/h12,14H,3-11H2,1-2H3/t14-/m1/s1. The lowest BCUT2D eigenvalue weighted by molar-refractivity contribution is -0.139. The Hall–Kier alpha value is -0.790. The Morgan fingerprint density at radius 3 is 2.18 bits per heavy atom. The molecular formula is C15H26O2. The molecule has 0 N–H and O–H groups in total. The number of rotatable bonds is 9. The van der Waals surface area contributed by atoms with Gasteiger partial charge in [0, 0.05) is 6.08 Å². The minimum atomic E-state index is -0.160. The summed E-state index contributed by atoms with van der Waals surface area (Å²) in [6.07, 6.45) is 13.3. The van der Waals surface area contributed by atoms with E-state index in [9.17, 15) is 4.79 Å². The lowest BCUT2D eigenvalue weighted by Gasteiger charge is -2.11. The van der Waals surface area contributed by atoms with Crippen molar-refractivity contribution >= 4 is 5.97 Å². The molecular weight excluding hydrogens is 212 g/mol. The molecule has 2 heteroatoms. The van der Waals surface area contributed by atoms with E-state index in [0.717, 1.165) is 12.0 Å². The third kappa shape index (κ3) is 5.90. The predicted molar refractivity (Wildman–Crippen MR) is 70.9 cm³/mol. The van der Waals surface area contributed by atoms with Gasteiger partial charge in [0.05, 0.1) is 0 Å². The van der Waals surface area contributed by atoms with Crippen LogP contribution in [-0.2, 0) is 9.53 Å². The van der Waals surface area contributed by atoms with E-state index in [1.807, 2.05) is 6.92 Å². The summed E-state index contributed by atoms with van der Waals surface area (Å²) in [7, 11) is 0. The van der Waals surface area contributed by atoms with Crippen molar-refractivity contribution in [1.82, 2.24) is 0 Å². The van der Waals surface area contributed by atoms with E-state index in [0.29, 0.717) is 0 Å². The quantitative estimate of drug-likeness (QED) is 0.440. The van der Waals surface area contributed by atoms with Gasteiger partial charge in [-0.2, -0.15) is 0 Å². The van der Waals surface area contributed by atoms with Gasteiger partial charge in [-0.3, -0.25) is 0 Å². The highest BCUT2D eigenvalue weighted by Gasteiger charge is 2.21. The van der Waals surface area contributed by atoms with Gasteiger partial charge in [-0.05, 0) is 25.3 Å². The molecule has 17 heavy (non-hydrogen) atoms. The summed E-state index contributed by atoms with van der Waals surface area (Å²) < 4.78 is 5.20. The molecule has 0 spiro atoms. The average Bonchev–Trinajstić information content (AvgIpc) is 2.61. The summed E-state index contributed by atoms with van der Waals surface area (Å²) in [4.78, 5) is 11.0. The molecule has 0 aliphatic carbocycles. The van der Waals surface area contributed by atoms with E-state index in [2.05, 4.69) is 6.92 Å². The van der Waals surface area contributed by atoms with Gasteiger partial charge in [-0.25, -0.2) is 4.79 Å². The zero-order chi connectivity index (χ0) is 12.5. The molecule has 0 amide bonds. The van der Waals surface area contributed by atoms with Crippen molar-refractivity contribution in [3.63, 3.8) is 0 Å². The third-order valence-corrected chi connectivity index (χ3v) is 3.43. The third-order valence-electron chi connectivity index (χ3n) is 3.43. The maximum atomic E-state index is 11.0. The number of hydrogen-bond donors (Lipinski definition) is 0. The highest BCUT2D eigenvalue weighted by molar-refractivity contribution is 5.85. The Balaban J connectivity index is 1.91. The van der Waals surface area contributed by atoms with Crippen LogP contribution in [-0.4, -0.2) is 12.1 Å². The number of cyclic esters (lactones) is 1. The highest BCUT2D eigenvalue weighted by atomic mass is 16.5. The number of carbonyl (C=O) groups excluding carboxylic acids is 1. The van der Waals surface area contributed by atoms with Crippen molar-refractivity contribution < 1.29 is 9.53 Å². The number of carbonyl (C=O) groups is 1. The fraction of sp³-hybridized carbons (Fsp3) is 0.800. The smallest absolute Gasteiger partial charge is 0.331 e. The summed E-state index contributed by atoms with van der Waals surface area (Å²) in [5.74, 6) is -0.160. The Morgan fingerprint density at radius 2 is 1.65 bits per heavy atom. The Labute approximate surface area is 105 Å². The highest BCUT2D eigenvalue weighted by Crippen LogP contribution is 2.21. The molecule has 1 atom stereocenters. The van der Waals surface area contributed by atoms with Crippen molar-refractivity contribution in [3.05, 3.63) is 11.6 Å². The van der Waals surface area contributed by atoms with Crippen LogP contribution in [0.4, 0.5) is 0 Å². The fourth-order valence-electron chi connectivity index (χ4n) is 2.30. The summed E-state index contributed by atoms with van der Waals surface area (Å²) in [5, 5.41) is 0. The summed E-state index contributed by atoms with van der Waals surface area (Å²) in [6, 6.07) is 0. The van der Waals surface area contributed by atoms with Crippen LogP contribution in [0.2, 0.25) is 0 Å². The second-order valence-electron chi connectivity index (χ2n) is 5.08. The molecule has 0 saturated carbocycles. The molecule has 0 fully saturated rings. The van der Waals surface area contributed by atoms with Crippen LogP contribution < -0.4 is 0 Å². The molecule has 98 valence electrons. The van der Waals surface area contributed by atoms with E-state index in [1.54, 1.807) is 6.08 Å². The van der Waals surface area contributed by atoms with Crippen LogP contribution in [0, 0.1) is 0 Å². The van der Waals surface area contributed by atoms with Gasteiger partial charge < -0.3 is 4.74 Å². The first-order chi connectivity index (χ1) is 8.24. The molecule has 0 bridgehead atoms. The first-order valence-corrected chi connectivity index (χ1v) is 7.13. The van der Waals surface area contributed by atoms with E-state index >= 15 is 0 Å². The van der Waals surface area contributed by atoms with Crippen LogP contribution in [0.25, 0.3) is 0 Å². The zero-order valence-electron chi connectivity index (χ0n) is 11.3. The first-order valence-electron chi connectivity index (χ1n) is 7.13. The molecule has 0 aromatic heterocycles. The summed E-state index contributed by atoms with van der Waals surface area (Å²) in [5.41, 5.74) is 1.10. The SMILES string of the molecule is CCCCCCCCCC[C@H]1OC(=O)C=C1C. The maximum absolute atomic E-state index is 11.0. The van der Waals surface area contributed by atoms with Crippen LogP contribution in [0.3, 0.4) is 0 Å².